The summed E-state index contributed by atoms with van der Waals surface area (Å²) in [5.74, 6) is -2.47. The second-order valence-corrected chi connectivity index (χ2v) is 4.31. The molecule has 3 nitrogen and oxygen atoms in total. The zero-order valence-corrected chi connectivity index (χ0v) is 10.3. The molecule has 1 atom stereocenters. The van der Waals surface area contributed by atoms with Gasteiger partial charge in [0.1, 0.15) is 5.92 Å². The van der Waals surface area contributed by atoms with Crippen LogP contribution in [0.25, 0.3) is 0 Å². The fourth-order valence-corrected chi connectivity index (χ4v) is 1.95. The highest BCUT2D eigenvalue weighted by Gasteiger charge is 2.27. The Morgan fingerprint density at radius 1 is 0.895 bits per heavy atom. The number of carboxylic acid groups (broad SMARTS) is 1. The summed E-state index contributed by atoms with van der Waals surface area (Å²) in [6, 6.07) is 17.7. The van der Waals surface area contributed by atoms with Gasteiger partial charge in [-0.2, -0.15) is 0 Å². The van der Waals surface area contributed by atoms with Crippen molar-refractivity contribution in [3.8, 4) is 0 Å². The van der Waals surface area contributed by atoms with E-state index in [1.54, 1.807) is 30.3 Å². The number of rotatable bonds is 5. The quantitative estimate of drug-likeness (QED) is 0.659. The number of carbonyl (C=O) groups excluding carboxylic acids is 1. The number of benzene rings is 2. The lowest BCUT2D eigenvalue weighted by molar-refractivity contribution is -0.139. The van der Waals surface area contributed by atoms with E-state index in [4.69, 9.17) is 0 Å². The zero-order chi connectivity index (χ0) is 13.7. The van der Waals surface area contributed by atoms with Crippen molar-refractivity contribution in [1.82, 2.24) is 0 Å². The number of Topliss-reactive ketones (excluding diaryl/α,β-unsaturated/α-hetero) is 1. The van der Waals surface area contributed by atoms with Crippen LogP contribution in [0.2, 0.25) is 0 Å². The summed E-state index contributed by atoms with van der Waals surface area (Å²) in [5, 5.41) is 9.25. The third-order valence-electron chi connectivity index (χ3n) is 2.96. The summed E-state index contributed by atoms with van der Waals surface area (Å²) in [7, 11) is 0. The lowest BCUT2D eigenvalue weighted by Crippen LogP contribution is -2.26. The van der Waals surface area contributed by atoms with Gasteiger partial charge in [0.25, 0.3) is 0 Å². The Bertz CT molecular complexity index is 561. The van der Waals surface area contributed by atoms with Gasteiger partial charge < -0.3 is 5.11 Å². The van der Waals surface area contributed by atoms with Crippen molar-refractivity contribution in [1.29, 1.82) is 0 Å². The van der Waals surface area contributed by atoms with Crippen molar-refractivity contribution in [2.75, 3.05) is 0 Å². The fourth-order valence-electron chi connectivity index (χ4n) is 1.95. The smallest absolute Gasteiger partial charge is 0.314 e. The number of ketones is 1. The topological polar surface area (TPSA) is 54.4 Å². The van der Waals surface area contributed by atoms with E-state index in [1.807, 2.05) is 30.3 Å². The molecule has 0 saturated carbocycles. The Balaban J connectivity index is 2.22. The van der Waals surface area contributed by atoms with E-state index in [0.29, 0.717) is 5.56 Å². The predicted molar refractivity (Wildman–Crippen MR) is 72.0 cm³/mol. The molecule has 0 radical (unpaired) electrons. The van der Waals surface area contributed by atoms with Crippen molar-refractivity contribution in [2.45, 2.75) is 6.42 Å². The highest BCUT2D eigenvalue weighted by Crippen LogP contribution is 2.15. The summed E-state index contributed by atoms with van der Waals surface area (Å²) >= 11 is 0. The Hall–Kier alpha value is -2.42. The number of carboxylic acids is 1. The van der Waals surface area contributed by atoms with Crippen LogP contribution >= 0.6 is 0 Å². The first kappa shape index (κ1) is 13.0. The van der Waals surface area contributed by atoms with E-state index in [2.05, 4.69) is 0 Å². The van der Waals surface area contributed by atoms with E-state index in [9.17, 15) is 14.7 Å². The van der Waals surface area contributed by atoms with Crippen LogP contribution < -0.4 is 0 Å². The molecular formula is C16H14O3. The van der Waals surface area contributed by atoms with E-state index in [1.165, 1.54) is 0 Å². The van der Waals surface area contributed by atoms with Crippen molar-refractivity contribution in [3.05, 3.63) is 71.8 Å². The highest BCUT2D eigenvalue weighted by molar-refractivity contribution is 6.08. The molecule has 19 heavy (non-hydrogen) atoms. The molecule has 0 fully saturated rings. The number of aliphatic carboxylic acids is 1. The summed E-state index contributed by atoms with van der Waals surface area (Å²) in [6.07, 6.45) is 0.212. The number of carbonyl (C=O) groups is 2. The lowest BCUT2D eigenvalue weighted by atomic mass is 9.91. The van der Waals surface area contributed by atoms with E-state index in [-0.39, 0.29) is 12.2 Å². The molecule has 2 aromatic rings. The van der Waals surface area contributed by atoms with Crippen molar-refractivity contribution in [3.63, 3.8) is 0 Å². The summed E-state index contributed by atoms with van der Waals surface area (Å²) in [4.78, 5) is 23.5. The standard InChI is InChI=1S/C16H14O3/c17-15(13-9-5-2-6-10-13)14(16(18)19)11-12-7-3-1-4-8-12/h1-10,14H,11H2,(H,18,19)/t14-/m0/s1. The Morgan fingerprint density at radius 2 is 1.42 bits per heavy atom. The molecule has 2 rings (SSSR count). The molecule has 0 aliphatic heterocycles. The van der Waals surface area contributed by atoms with Crippen molar-refractivity contribution >= 4 is 11.8 Å². The molecule has 0 saturated heterocycles. The van der Waals surface area contributed by atoms with Gasteiger partial charge in [-0.1, -0.05) is 60.7 Å². The highest BCUT2D eigenvalue weighted by atomic mass is 16.4. The van der Waals surface area contributed by atoms with Crippen LogP contribution in [0.5, 0.6) is 0 Å². The maximum atomic E-state index is 12.2. The van der Waals surface area contributed by atoms with Crippen molar-refractivity contribution in [2.24, 2.45) is 5.92 Å². The maximum Gasteiger partial charge on any atom is 0.314 e. The van der Waals surface area contributed by atoms with Gasteiger partial charge >= 0.3 is 5.97 Å². The summed E-state index contributed by atoms with van der Waals surface area (Å²) in [5.41, 5.74) is 1.28. The fraction of sp³-hybridized carbons (Fsp3) is 0.125. The molecule has 3 heteroatoms. The van der Waals surface area contributed by atoms with Crippen LogP contribution in [-0.4, -0.2) is 16.9 Å². The Kier molecular flexibility index (Phi) is 4.08. The van der Waals surface area contributed by atoms with Gasteiger partial charge in [0.05, 0.1) is 0 Å². The van der Waals surface area contributed by atoms with Crippen LogP contribution in [0.1, 0.15) is 15.9 Å². The second kappa shape index (κ2) is 5.96. The average Bonchev–Trinajstić information content (AvgIpc) is 2.46. The van der Waals surface area contributed by atoms with Gasteiger partial charge in [-0.05, 0) is 12.0 Å². The summed E-state index contributed by atoms with van der Waals surface area (Å²) in [6.45, 7) is 0. The van der Waals surface area contributed by atoms with Crippen LogP contribution in [-0.2, 0) is 11.2 Å². The first-order valence-corrected chi connectivity index (χ1v) is 6.04. The predicted octanol–water partition coefficient (Wildman–Crippen LogP) is 2.81. The van der Waals surface area contributed by atoms with E-state index < -0.39 is 11.9 Å². The number of hydrogen-bond acceptors (Lipinski definition) is 2. The first-order valence-electron chi connectivity index (χ1n) is 6.04. The maximum absolute atomic E-state index is 12.2. The van der Waals surface area contributed by atoms with Crippen LogP contribution in [0.4, 0.5) is 0 Å². The summed E-state index contributed by atoms with van der Waals surface area (Å²) < 4.78 is 0. The van der Waals surface area contributed by atoms with Crippen LogP contribution in [0.3, 0.4) is 0 Å². The minimum Gasteiger partial charge on any atom is -0.481 e. The molecule has 0 aliphatic rings. The first-order chi connectivity index (χ1) is 9.18. The second-order valence-electron chi connectivity index (χ2n) is 4.31. The van der Waals surface area contributed by atoms with Crippen LogP contribution in [0, 0.1) is 5.92 Å². The minimum atomic E-state index is -1.09. The third kappa shape index (κ3) is 3.28. The molecule has 0 aromatic heterocycles. The zero-order valence-electron chi connectivity index (χ0n) is 10.3. The lowest BCUT2D eigenvalue weighted by Gasteiger charge is -2.11. The molecule has 0 bridgehead atoms. The van der Waals surface area contributed by atoms with Gasteiger partial charge in [0, 0.05) is 5.56 Å². The van der Waals surface area contributed by atoms with Gasteiger partial charge in [-0.25, -0.2) is 0 Å². The van der Waals surface area contributed by atoms with Gasteiger partial charge in [0.2, 0.25) is 0 Å². The molecular weight excluding hydrogens is 240 g/mol. The molecule has 0 spiro atoms. The molecule has 0 amide bonds. The molecule has 0 heterocycles. The van der Waals surface area contributed by atoms with Gasteiger partial charge in [-0.3, -0.25) is 9.59 Å². The van der Waals surface area contributed by atoms with Crippen LogP contribution in [0.15, 0.2) is 60.7 Å². The largest absolute Gasteiger partial charge is 0.481 e. The number of hydrogen-bond donors (Lipinski definition) is 1. The minimum absolute atomic E-state index is 0.212. The van der Waals surface area contributed by atoms with E-state index >= 15 is 0 Å². The van der Waals surface area contributed by atoms with Crippen molar-refractivity contribution < 1.29 is 14.7 Å². The Morgan fingerprint density at radius 3 is 1.95 bits per heavy atom. The van der Waals surface area contributed by atoms with E-state index in [0.717, 1.165) is 5.56 Å². The van der Waals surface area contributed by atoms with Gasteiger partial charge in [-0.15, -0.1) is 0 Å². The normalized spacial score (nSPS) is 11.8. The molecule has 1 N–H and O–H groups in total. The SMILES string of the molecule is O=C(O)[C@@H](Cc1ccccc1)C(=O)c1ccccc1. The Labute approximate surface area is 111 Å². The molecule has 2 aromatic carbocycles. The monoisotopic (exact) mass is 254 g/mol. The average molecular weight is 254 g/mol. The third-order valence-corrected chi connectivity index (χ3v) is 2.96. The molecule has 0 unspecified atom stereocenters. The molecule has 96 valence electrons. The van der Waals surface area contributed by atoms with Gasteiger partial charge in [0.15, 0.2) is 5.78 Å². The molecule has 0 aliphatic carbocycles.